The van der Waals surface area contributed by atoms with Crippen molar-refractivity contribution >= 4 is 17.5 Å². The Bertz CT molecular complexity index is 913. The molecule has 2 fully saturated rings. The summed E-state index contributed by atoms with van der Waals surface area (Å²) in [5.41, 5.74) is 10.5. The van der Waals surface area contributed by atoms with Crippen LogP contribution in [0.5, 0.6) is 0 Å². The van der Waals surface area contributed by atoms with Gasteiger partial charge in [0.05, 0.1) is 12.6 Å². The molecule has 1 aromatic heterocycles. The summed E-state index contributed by atoms with van der Waals surface area (Å²) < 4.78 is 2.48. The van der Waals surface area contributed by atoms with Crippen molar-refractivity contribution in [1.82, 2.24) is 14.0 Å². The first-order valence-corrected chi connectivity index (χ1v) is 11.0. The molecule has 9 nitrogen and oxygen atoms in total. The fourth-order valence-electron chi connectivity index (χ4n) is 4.83. The molecule has 1 unspecified atom stereocenters. The van der Waals surface area contributed by atoms with E-state index in [0.717, 1.165) is 43.1 Å². The van der Waals surface area contributed by atoms with Gasteiger partial charge in [0.2, 0.25) is 5.91 Å². The van der Waals surface area contributed by atoms with Crippen LogP contribution < -0.4 is 22.7 Å². The molecule has 1 aliphatic heterocycles. The second-order valence-electron chi connectivity index (χ2n) is 8.51. The summed E-state index contributed by atoms with van der Waals surface area (Å²) >= 11 is 0. The third kappa shape index (κ3) is 4.50. The molecule has 1 saturated carbocycles. The van der Waals surface area contributed by atoms with E-state index in [1.54, 1.807) is 11.8 Å². The number of nitrogens with two attached hydrogens (primary N) is 2. The topological polar surface area (TPSA) is 133 Å². The number of piperidine rings is 1. The molecular weight excluding hydrogens is 386 g/mol. The number of nitrogens with zero attached hydrogens (tertiary/aromatic N) is 3. The maximum Gasteiger partial charge on any atom is 0.332 e. The molecule has 1 atom stereocenters. The Morgan fingerprint density at radius 3 is 2.30 bits per heavy atom. The lowest BCUT2D eigenvalue weighted by Crippen LogP contribution is -2.51. The van der Waals surface area contributed by atoms with Gasteiger partial charge in [0.15, 0.2) is 5.78 Å². The predicted molar refractivity (Wildman–Crippen MR) is 114 cm³/mol. The maximum atomic E-state index is 13.1. The average molecular weight is 420 g/mol. The van der Waals surface area contributed by atoms with E-state index in [1.807, 2.05) is 0 Å². The van der Waals surface area contributed by atoms with Crippen molar-refractivity contribution in [2.24, 2.45) is 11.7 Å². The minimum Gasteiger partial charge on any atom is -0.384 e. The minimum atomic E-state index is -0.655. The largest absolute Gasteiger partial charge is 0.384 e. The van der Waals surface area contributed by atoms with Crippen LogP contribution in [0.25, 0.3) is 0 Å². The van der Waals surface area contributed by atoms with Gasteiger partial charge in [-0.1, -0.05) is 25.7 Å². The Morgan fingerprint density at radius 1 is 1.00 bits per heavy atom. The number of Topliss-reactive ketones (excluding diaryl/α,β-unsaturated/α-hetero) is 1. The fourth-order valence-corrected chi connectivity index (χ4v) is 4.83. The highest BCUT2D eigenvalue weighted by Gasteiger charge is 2.31. The first-order chi connectivity index (χ1) is 14.3. The number of carbonyl (C=O) groups excluding carboxylic acids is 2. The second-order valence-corrected chi connectivity index (χ2v) is 8.51. The minimum absolute atomic E-state index is 0.0575. The maximum absolute atomic E-state index is 13.1. The molecule has 2 aliphatic rings. The number of rotatable bonds is 7. The number of hydrogen-bond donors (Lipinski definition) is 2. The molecule has 1 aromatic rings. The van der Waals surface area contributed by atoms with E-state index >= 15 is 0 Å². The van der Waals surface area contributed by atoms with Gasteiger partial charge < -0.3 is 11.5 Å². The number of anilines is 1. The predicted octanol–water partition coefficient (Wildman–Crippen LogP) is 0.715. The Morgan fingerprint density at radius 2 is 1.67 bits per heavy atom. The van der Waals surface area contributed by atoms with E-state index in [4.69, 9.17) is 11.5 Å². The molecule has 3 rings (SSSR count). The van der Waals surface area contributed by atoms with Gasteiger partial charge in [-0.05, 0) is 45.1 Å². The third-order valence-corrected chi connectivity index (χ3v) is 6.52. The SMILES string of the molecule is CCn1c(=O)c(C(=O)CN2CCCCC2C(N)=O)c(N)n(CC2CCCCC2)c1=O. The van der Waals surface area contributed by atoms with E-state index in [2.05, 4.69) is 0 Å². The Labute approximate surface area is 176 Å². The lowest BCUT2D eigenvalue weighted by molar-refractivity contribution is -0.124. The van der Waals surface area contributed by atoms with Crippen molar-refractivity contribution in [3.63, 3.8) is 0 Å². The second kappa shape index (κ2) is 9.59. The number of hydrogen-bond acceptors (Lipinski definition) is 6. The van der Waals surface area contributed by atoms with Crippen LogP contribution in [0.4, 0.5) is 5.82 Å². The summed E-state index contributed by atoms with van der Waals surface area (Å²) in [6.07, 6.45) is 7.75. The van der Waals surface area contributed by atoms with E-state index < -0.39 is 29.0 Å². The Kier molecular flexibility index (Phi) is 7.12. The van der Waals surface area contributed by atoms with Crippen LogP contribution in [-0.4, -0.2) is 44.9 Å². The molecule has 30 heavy (non-hydrogen) atoms. The highest BCUT2D eigenvalue weighted by atomic mass is 16.2. The quantitative estimate of drug-likeness (QED) is 0.626. The van der Waals surface area contributed by atoms with Gasteiger partial charge in [-0.2, -0.15) is 0 Å². The molecule has 2 heterocycles. The van der Waals surface area contributed by atoms with Crippen molar-refractivity contribution in [3.05, 3.63) is 26.4 Å². The molecule has 9 heteroatoms. The molecule has 0 aromatic carbocycles. The summed E-state index contributed by atoms with van der Waals surface area (Å²) in [5.74, 6) is -0.683. The van der Waals surface area contributed by atoms with Crippen LogP contribution in [0.2, 0.25) is 0 Å². The molecule has 0 bridgehead atoms. The highest BCUT2D eigenvalue weighted by molar-refractivity contribution is 6.01. The van der Waals surface area contributed by atoms with Crippen LogP contribution in [0.3, 0.4) is 0 Å². The number of aromatic nitrogens is 2. The molecule has 1 amide bonds. The molecule has 1 aliphatic carbocycles. The summed E-state index contributed by atoms with van der Waals surface area (Å²) in [7, 11) is 0. The van der Waals surface area contributed by atoms with Gasteiger partial charge >= 0.3 is 5.69 Å². The smallest absolute Gasteiger partial charge is 0.332 e. The van der Waals surface area contributed by atoms with Crippen LogP contribution in [0.15, 0.2) is 9.59 Å². The third-order valence-electron chi connectivity index (χ3n) is 6.52. The number of likely N-dealkylation sites (tertiary alicyclic amines) is 1. The van der Waals surface area contributed by atoms with Crippen molar-refractivity contribution in [3.8, 4) is 0 Å². The summed E-state index contributed by atoms with van der Waals surface area (Å²) in [4.78, 5) is 52.4. The number of ketones is 1. The van der Waals surface area contributed by atoms with Gasteiger partial charge in [0, 0.05) is 13.1 Å². The summed E-state index contributed by atoms with van der Waals surface area (Å²) in [5, 5.41) is 0. The molecule has 4 N–H and O–H groups in total. The van der Waals surface area contributed by atoms with Gasteiger partial charge in [-0.15, -0.1) is 0 Å². The number of primary amides is 1. The number of nitrogen functional groups attached to an aromatic ring is 1. The van der Waals surface area contributed by atoms with E-state index in [0.29, 0.717) is 25.4 Å². The van der Waals surface area contributed by atoms with Crippen LogP contribution in [0.1, 0.15) is 68.6 Å². The molecular formula is C21H33N5O4. The summed E-state index contributed by atoms with van der Waals surface area (Å²) in [6.45, 7) is 2.72. The molecule has 0 spiro atoms. The zero-order valence-corrected chi connectivity index (χ0v) is 17.8. The monoisotopic (exact) mass is 419 g/mol. The zero-order valence-electron chi connectivity index (χ0n) is 17.8. The lowest BCUT2D eigenvalue weighted by atomic mass is 9.89. The van der Waals surface area contributed by atoms with Crippen molar-refractivity contribution in [2.45, 2.75) is 77.4 Å². The molecule has 1 saturated heterocycles. The standard InChI is InChI=1S/C21H33N5O4/c1-2-25-20(29)17(16(27)13-24-11-7-6-10-15(24)19(23)28)18(22)26(21(25)30)12-14-8-4-3-5-9-14/h14-15H,2-13,22H2,1H3,(H2,23,28). The van der Waals surface area contributed by atoms with E-state index in [1.165, 1.54) is 11.0 Å². The fraction of sp³-hybridized carbons (Fsp3) is 0.714. The number of amides is 1. The van der Waals surface area contributed by atoms with Crippen molar-refractivity contribution < 1.29 is 9.59 Å². The van der Waals surface area contributed by atoms with Crippen LogP contribution >= 0.6 is 0 Å². The van der Waals surface area contributed by atoms with Gasteiger partial charge in [-0.25, -0.2) is 4.79 Å². The van der Waals surface area contributed by atoms with E-state index in [-0.39, 0.29) is 24.5 Å². The van der Waals surface area contributed by atoms with Gasteiger partial charge in [0.25, 0.3) is 5.56 Å². The van der Waals surface area contributed by atoms with Crippen molar-refractivity contribution in [1.29, 1.82) is 0 Å². The zero-order chi connectivity index (χ0) is 21.8. The molecule has 0 radical (unpaired) electrons. The highest BCUT2D eigenvalue weighted by Crippen LogP contribution is 2.25. The first-order valence-electron chi connectivity index (χ1n) is 11.0. The molecule has 166 valence electrons. The Hall–Kier alpha value is -2.42. The van der Waals surface area contributed by atoms with Crippen LogP contribution in [0, 0.1) is 5.92 Å². The Balaban J connectivity index is 1.95. The number of carbonyl (C=O) groups is 2. The van der Waals surface area contributed by atoms with Gasteiger partial charge in [0.1, 0.15) is 11.4 Å². The normalized spacial score (nSPS) is 20.9. The average Bonchev–Trinajstić information content (AvgIpc) is 2.72. The van der Waals surface area contributed by atoms with Crippen LogP contribution in [-0.2, 0) is 17.9 Å². The van der Waals surface area contributed by atoms with Gasteiger partial charge in [-0.3, -0.25) is 28.4 Å². The first kappa shape index (κ1) is 22.3. The lowest BCUT2D eigenvalue weighted by Gasteiger charge is -2.33. The summed E-state index contributed by atoms with van der Waals surface area (Å²) in [6, 6.07) is -0.523. The van der Waals surface area contributed by atoms with Crippen molar-refractivity contribution in [2.75, 3.05) is 18.8 Å². The van der Waals surface area contributed by atoms with E-state index in [9.17, 15) is 19.2 Å².